The van der Waals surface area contributed by atoms with Crippen LogP contribution in [0.15, 0.2) is 12.1 Å². The maximum Gasteiger partial charge on any atom is 0.197 e. The molecular weight excluding hydrogens is 209 g/mol. The van der Waals surface area contributed by atoms with Crippen LogP contribution in [0.4, 0.5) is 4.39 Å². The van der Waals surface area contributed by atoms with Gasteiger partial charge in [0.25, 0.3) is 0 Å². The summed E-state index contributed by atoms with van der Waals surface area (Å²) < 4.78 is 24.2. The van der Waals surface area contributed by atoms with Crippen molar-refractivity contribution in [3.8, 4) is 11.5 Å². The van der Waals surface area contributed by atoms with E-state index < -0.39 is 11.4 Å². The maximum atomic E-state index is 14.2. The van der Waals surface area contributed by atoms with E-state index in [0.29, 0.717) is 11.3 Å². The summed E-state index contributed by atoms with van der Waals surface area (Å²) in [7, 11) is 2.91. The minimum Gasteiger partial charge on any atom is -0.493 e. The third kappa shape index (κ3) is 1.53. The molecule has 0 aromatic heterocycles. The van der Waals surface area contributed by atoms with Gasteiger partial charge in [0.2, 0.25) is 0 Å². The second kappa shape index (κ2) is 3.94. The number of ether oxygens (including phenoxy) is 2. The molecule has 0 heterocycles. The molecule has 4 heteroatoms. The summed E-state index contributed by atoms with van der Waals surface area (Å²) in [5, 5.41) is 0. The molecule has 0 atom stereocenters. The van der Waals surface area contributed by atoms with Crippen molar-refractivity contribution >= 4 is 0 Å². The number of benzene rings is 1. The van der Waals surface area contributed by atoms with Gasteiger partial charge in [0.1, 0.15) is 0 Å². The molecule has 2 N–H and O–H groups in total. The Morgan fingerprint density at radius 1 is 1.25 bits per heavy atom. The number of halogens is 1. The van der Waals surface area contributed by atoms with Crippen molar-refractivity contribution in [1.82, 2.24) is 0 Å². The smallest absolute Gasteiger partial charge is 0.197 e. The predicted molar refractivity (Wildman–Crippen MR) is 59.2 cm³/mol. The Kier molecular flexibility index (Phi) is 2.76. The highest BCUT2D eigenvalue weighted by Gasteiger charge is 2.38. The highest BCUT2D eigenvalue weighted by molar-refractivity contribution is 5.47. The van der Waals surface area contributed by atoms with Gasteiger partial charge in [-0.15, -0.1) is 0 Å². The van der Waals surface area contributed by atoms with E-state index in [1.165, 1.54) is 14.2 Å². The van der Waals surface area contributed by atoms with E-state index in [9.17, 15) is 4.39 Å². The van der Waals surface area contributed by atoms with Crippen molar-refractivity contribution in [2.45, 2.75) is 24.8 Å². The molecule has 2 rings (SSSR count). The Labute approximate surface area is 94.3 Å². The molecule has 1 saturated carbocycles. The van der Waals surface area contributed by atoms with Crippen molar-refractivity contribution in [2.75, 3.05) is 14.2 Å². The molecule has 1 aromatic rings. The summed E-state index contributed by atoms with van der Waals surface area (Å²) in [6.45, 7) is 0. The molecule has 0 aliphatic heterocycles. The lowest BCUT2D eigenvalue weighted by molar-refractivity contribution is 0.240. The van der Waals surface area contributed by atoms with E-state index in [0.717, 1.165) is 19.3 Å². The van der Waals surface area contributed by atoms with Gasteiger partial charge in [-0.25, -0.2) is 4.39 Å². The normalized spacial score (nSPS) is 17.8. The van der Waals surface area contributed by atoms with E-state index in [1.807, 2.05) is 0 Å². The first kappa shape index (κ1) is 11.2. The summed E-state index contributed by atoms with van der Waals surface area (Å²) in [5.41, 5.74) is 6.10. The zero-order chi connectivity index (χ0) is 11.8. The van der Waals surface area contributed by atoms with Gasteiger partial charge in [-0.05, 0) is 25.3 Å². The Balaban J connectivity index is 2.48. The quantitative estimate of drug-likeness (QED) is 0.857. The number of nitrogens with two attached hydrogens (primary N) is 1. The fourth-order valence-corrected chi connectivity index (χ4v) is 2.10. The molecule has 1 fully saturated rings. The van der Waals surface area contributed by atoms with Crippen molar-refractivity contribution in [2.24, 2.45) is 5.73 Å². The molecule has 0 spiro atoms. The van der Waals surface area contributed by atoms with Gasteiger partial charge in [-0.2, -0.15) is 0 Å². The minimum absolute atomic E-state index is 0.136. The summed E-state index contributed by atoms with van der Waals surface area (Å²) in [6.07, 6.45) is 2.68. The average Bonchev–Trinajstić information content (AvgIpc) is 2.25. The van der Waals surface area contributed by atoms with Crippen LogP contribution in [-0.4, -0.2) is 14.2 Å². The SMILES string of the molecule is COc1ccc(C2(N)CCC2)c(F)c1OC. The molecule has 16 heavy (non-hydrogen) atoms. The predicted octanol–water partition coefficient (Wildman–Crippen LogP) is 2.18. The van der Waals surface area contributed by atoms with Crippen LogP contribution >= 0.6 is 0 Å². The molecule has 3 nitrogen and oxygen atoms in total. The Morgan fingerprint density at radius 2 is 1.94 bits per heavy atom. The van der Waals surface area contributed by atoms with Crippen molar-refractivity contribution < 1.29 is 13.9 Å². The largest absolute Gasteiger partial charge is 0.493 e. The van der Waals surface area contributed by atoms with Gasteiger partial charge in [-0.3, -0.25) is 0 Å². The fourth-order valence-electron chi connectivity index (χ4n) is 2.10. The zero-order valence-electron chi connectivity index (χ0n) is 9.55. The molecule has 1 aliphatic carbocycles. The van der Waals surface area contributed by atoms with Crippen LogP contribution < -0.4 is 15.2 Å². The first-order valence-corrected chi connectivity index (χ1v) is 5.32. The number of methoxy groups -OCH3 is 2. The van der Waals surface area contributed by atoms with Crippen LogP contribution in [0, 0.1) is 5.82 Å². The summed E-state index contributed by atoms with van der Waals surface area (Å²) >= 11 is 0. The van der Waals surface area contributed by atoms with E-state index in [4.69, 9.17) is 15.2 Å². The Bertz CT molecular complexity index is 402. The minimum atomic E-state index is -0.524. The number of hydrogen-bond acceptors (Lipinski definition) is 3. The highest BCUT2D eigenvalue weighted by Crippen LogP contribution is 2.43. The molecule has 0 saturated heterocycles. The van der Waals surface area contributed by atoms with Crippen LogP contribution in [0.3, 0.4) is 0 Å². The molecule has 1 aliphatic rings. The average molecular weight is 225 g/mol. The van der Waals surface area contributed by atoms with Crippen molar-refractivity contribution in [1.29, 1.82) is 0 Å². The molecule has 0 unspecified atom stereocenters. The first-order chi connectivity index (χ1) is 7.62. The van der Waals surface area contributed by atoms with Crippen LogP contribution in [0.5, 0.6) is 11.5 Å². The van der Waals surface area contributed by atoms with Gasteiger partial charge in [0, 0.05) is 11.1 Å². The summed E-state index contributed by atoms with van der Waals surface area (Å²) in [6, 6.07) is 3.39. The molecule has 0 amide bonds. The van der Waals surface area contributed by atoms with Gasteiger partial charge in [0.05, 0.1) is 14.2 Å². The standard InChI is InChI=1S/C12H16FNO2/c1-15-9-5-4-8(10(13)11(9)16-2)12(14)6-3-7-12/h4-5H,3,6-7,14H2,1-2H3. The van der Waals surface area contributed by atoms with Gasteiger partial charge >= 0.3 is 0 Å². The third-order valence-corrected chi connectivity index (χ3v) is 3.27. The van der Waals surface area contributed by atoms with Crippen molar-refractivity contribution in [3.63, 3.8) is 0 Å². The van der Waals surface area contributed by atoms with E-state index in [1.54, 1.807) is 12.1 Å². The lowest BCUT2D eigenvalue weighted by Crippen LogP contribution is -2.44. The van der Waals surface area contributed by atoms with Crippen LogP contribution in [0.1, 0.15) is 24.8 Å². The lowest BCUT2D eigenvalue weighted by atomic mass is 9.72. The Hall–Kier alpha value is -1.29. The first-order valence-electron chi connectivity index (χ1n) is 5.32. The van der Waals surface area contributed by atoms with E-state index in [-0.39, 0.29) is 5.75 Å². The molecule has 1 aromatic carbocycles. The van der Waals surface area contributed by atoms with Crippen molar-refractivity contribution in [3.05, 3.63) is 23.5 Å². The Morgan fingerprint density at radius 3 is 2.38 bits per heavy atom. The molecule has 0 bridgehead atoms. The number of rotatable bonds is 3. The van der Waals surface area contributed by atoms with E-state index >= 15 is 0 Å². The van der Waals surface area contributed by atoms with Crippen LogP contribution in [0.25, 0.3) is 0 Å². The molecule has 88 valence electrons. The van der Waals surface area contributed by atoms with Gasteiger partial charge in [0.15, 0.2) is 17.3 Å². The third-order valence-electron chi connectivity index (χ3n) is 3.27. The summed E-state index contributed by atoms with van der Waals surface area (Å²) in [4.78, 5) is 0. The summed E-state index contributed by atoms with van der Waals surface area (Å²) in [5.74, 6) is 0.132. The topological polar surface area (TPSA) is 44.5 Å². The van der Waals surface area contributed by atoms with Gasteiger partial charge < -0.3 is 15.2 Å². The monoisotopic (exact) mass is 225 g/mol. The number of hydrogen-bond donors (Lipinski definition) is 1. The lowest BCUT2D eigenvalue weighted by Gasteiger charge is -2.39. The molecular formula is C12H16FNO2. The maximum absolute atomic E-state index is 14.2. The van der Waals surface area contributed by atoms with Crippen LogP contribution in [0.2, 0.25) is 0 Å². The second-order valence-electron chi connectivity index (χ2n) is 4.17. The molecule has 0 radical (unpaired) electrons. The van der Waals surface area contributed by atoms with E-state index in [2.05, 4.69) is 0 Å². The van der Waals surface area contributed by atoms with Crippen LogP contribution in [-0.2, 0) is 5.54 Å². The highest BCUT2D eigenvalue weighted by atomic mass is 19.1. The zero-order valence-corrected chi connectivity index (χ0v) is 9.55. The van der Waals surface area contributed by atoms with Gasteiger partial charge in [-0.1, -0.05) is 6.07 Å². The fraction of sp³-hybridized carbons (Fsp3) is 0.500. The second-order valence-corrected chi connectivity index (χ2v) is 4.17.